The molecule has 0 saturated carbocycles. The van der Waals surface area contributed by atoms with Gasteiger partial charge in [0.15, 0.2) is 0 Å². The van der Waals surface area contributed by atoms with Gasteiger partial charge in [-0.3, -0.25) is 0 Å². The van der Waals surface area contributed by atoms with Crippen molar-refractivity contribution in [2.75, 3.05) is 17.7 Å². The Kier molecular flexibility index (Phi) is 3.29. The molecule has 1 aromatic carbocycles. The van der Waals surface area contributed by atoms with Gasteiger partial charge in [0.2, 0.25) is 5.95 Å². The van der Waals surface area contributed by atoms with Crippen LogP contribution >= 0.6 is 11.3 Å². The Hall–Kier alpha value is -2.14. The standard InChI is InChI=1S/C14H14N4S/c1-15-13-11-6-2-3-7-12(11)17-14(18-13)16-9-10-5-4-8-19-10/h2-8H,9H2,1H3,(H2,15,16,17,18). The minimum Gasteiger partial charge on any atom is -0.372 e. The van der Waals surface area contributed by atoms with E-state index >= 15 is 0 Å². The van der Waals surface area contributed by atoms with Crippen LogP contribution in [0, 0.1) is 0 Å². The van der Waals surface area contributed by atoms with E-state index in [2.05, 4.69) is 32.0 Å². The molecule has 0 aliphatic carbocycles. The molecule has 19 heavy (non-hydrogen) atoms. The second-order valence-electron chi connectivity index (χ2n) is 4.10. The summed E-state index contributed by atoms with van der Waals surface area (Å²) < 4.78 is 0. The molecule has 4 nitrogen and oxygen atoms in total. The highest BCUT2D eigenvalue weighted by atomic mass is 32.1. The van der Waals surface area contributed by atoms with Gasteiger partial charge in [-0.2, -0.15) is 4.98 Å². The highest BCUT2D eigenvalue weighted by Crippen LogP contribution is 2.21. The maximum absolute atomic E-state index is 4.53. The predicted molar refractivity (Wildman–Crippen MR) is 80.7 cm³/mol. The molecule has 5 heteroatoms. The number of hydrogen-bond acceptors (Lipinski definition) is 5. The van der Waals surface area contributed by atoms with Gasteiger partial charge in [0.05, 0.1) is 12.1 Å². The average molecular weight is 270 g/mol. The summed E-state index contributed by atoms with van der Waals surface area (Å²) >= 11 is 1.72. The lowest BCUT2D eigenvalue weighted by Gasteiger charge is -2.08. The number of aromatic nitrogens is 2. The molecule has 96 valence electrons. The fraction of sp³-hybridized carbons (Fsp3) is 0.143. The third-order valence-electron chi connectivity index (χ3n) is 2.84. The number of nitrogens with zero attached hydrogens (tertiary/aromatic N) is 2. The zero-order chi connectivity index (χ0) is 13.1. The molecule has 0 unspecified atom stereocenters. The highest BCUT2D eigenvalue weighted by Gasteiger charge is 2.05. The number of anilines is 2. The van der Waals surface area contributed by atoms with E-state index in [4.69, 9.17) is 0 Å². The summed E-state index contributed by atoms with van der Waals surface area (Å²) in [7, 11) is 1.87. The van der Waals surface area contributed by atoms with E-state index in [1.807, 2.05) is 37.4 Å². The summed E-state index contributed by atoms with van der Waals surface area (Å²) in [6.45, 7) is 0.749. The van der Waals surface area contributed by atoms with Crippen LogP contribution in [-0.4, -0.2) is 17.0 Å². The molecule has 0 saturated heterocycles. The molecule has 0 aliphatic heterocycles. The Labute approximate surface area is 115 Å². The van der Waals surface area contributed by atoms with Crippen LogP contribution in [-0.2, 0) is 6.54 Å². The average Bonchev–Trinajstić information content (AvgIpc) is 2.97. The van der Waals surface area contributed by atoms with Crippen LogP contribution in [0.15, 0.2) is 41.8 Å². The van der Waals surface area contributed by atoms with Gasteiger partial charge in [-0.05, 0) is 23.6 Å². The van der Waals surface area contributed by atoms with E-state index in [0.717, 1.165) is 23.3 Å². The normalized spacial score (nSPS) is 10.6. The van der Waals surface area contributed by atoms with Crippen molar-refractivity contribution in [1.29, 1.82) is 0 Å². The summed E-state index contributed by atoms with van der Waals surface area (Å²) in [5.41, 5.74) is 0.940. The number of para-hydroxylation sites is 1. The Morgan fingerprint density at radius 3 is 2.79 bits per heavy atom. The first-order valence-corrected chi connectivity index (χ1v) is 6.95. The zero-order valence-electron chi connectivity index (χ0n) is 10.6. The number of hydrogen-bond donors (Lipinski definition) is 2. The molecular weight excluding hydrogens is 256 g/mol. The maximum atomic E-state index is 4.53. The monoisotopic (exact) mass is 270 g/mol. The van der Waals surface area contributed by atoms with Crippen molar-refractivity contribution >= 4 is 34.0 Å². The minimum atomic E-state index is 0.649. The smallest absolute Gasteiger partial charge is 0.225 e. The van der Waals surface area contributed by atoms with E-state index < -0.39 is 0 Å². The molecule has 2 N–H and O–H groups in total. The Bertz CT molecular complexity index is 679. The van der Waals surface area contributed by atoms with Crippen molar-refractivity contribution in [3.63, 3.8) is 0 Å². The second kappa shape index (κ2) is 5.24. The first-order chi connectivity index (χ1) is 9.36. The summed E-state index contributed by atoms with van der Waals surface area (Å²) in [6.07, 6.45) is 0. The van der Waals surface area contributed by atoms with Crippen molar-refractivity contribution in [1.82, 2.24) is 9.97 Å². The fourth-order valence-electron chi connectivity index (χ4n) is 1.93. The Morgan fingerprint density at radius 2 is 2.00 bits per heavy atom. The molecule has 2 heterocycles. The van der Waals surface area contributed by atoms with Gasteiger partial charge in [-0.15, -0.1) is 11.3 Å². The molecule has 0 bridgehead atoms. The zero-order valence-corrected chi connectivity index (χ0v) is 11.4. The number of rotatable bonds is 4. The van der Waals surface area contributed by atoms with Crippen LogP contribution < -0.4 is 10.6 Å². The lowest BCUT2D eigenvalue weighted by molar-refractivity contribution is 1.09. The quantitative estimate of drug-likeness (QED) is 0.763. The Morgan fingerprint density at radius 1 is 1.11 bits per heavy atom. The molecule has 3 aromatic rings. The van der Waals surface area contributed by atoms with E-state index in [-0.39, 0.29) is 0 Å². The summed E-state index contributed by atoms with van der Waals surface area (Å²) in [5, 5.41) is 9.48. The van der Waals surface area contributed by atoms with Crippen LogP contribution in [0.25, 0.3) is 10.9 Å². The first kappa shape index (κ1) is 11.9. The van der Waals surface area contributed by atoms with Gasteiger partial charge in [0.25, 0.3) is 0 Å². The van der Waals surface area contributed by atoms with E-state index in [9.17, 15) is 0 Å². The molecule has 0 amide bonds. The fourth-order valence-corrected chi connectivity index (χ4v) is 2.57. The SMILES string of the molecule is CNc1nc(NCc2cccs2)nc2ccccc12. The summed E-state index contributed by atoms with van der Waals surface area (Å²) in [6, 6.07) is 12.1. The number of benzene rings is 1. The minimum absolute atomic E-state index is 0.649. The second-order valence-corrected chi connectivity index (χ2v) is 5.13. The van der Waals surface area contributed by atoms with Crippen molar-refractivity contribution in [2.24, 2.45) is 0 Å². The molecule has 0 atom stereocenters. The van der Waals surface area contributed by atoms with E-state index in [1.54, 1.807) is 11.3 Å². The molecule has 0 aliphatic rings. The third-order valence-corrected chi connectivity index (χ3v) is 3.72. The topological polar surface area (TPSA) is 49.8 Å². The molecule has 0 fully saturated rings. The third kappa shape index (κ3) is 2.51. The van der Waals surface area contributed by atoms with Gasteiger partial charge in [0.1, 0.15) is 5.82 Å². The lowest BCUT2D eigenvalue weighted by Crippen LogP contribution is -2.05. The number of thiophene rings is 1. The van der Waals surface area contributed by atoms with E-state index in [0.29, 0.717) is 5.95 Å². The van der Waals surface area contributed by atoms with Crippen molar-refractivity contribution in [3.8, 4) is 0 Å². The van der Waals surface area contributed by atoms with Gasteiger partial charge < -0.3 is 10.6 Å². The van der Waals surface area contributed by atoms with Gasteiger partial charge in [-0.1, -0.05) is 18.2 Å². The van der Waals surface area contributed by atoms with Crippen LogP contribution in [0.5, 0.6) is 0 Å². The molecular formula is C14H14N4S. The van der Waals surface area contributed by atoms with Crippen LogP contribution in [0.2, 0.25) is 0 Å². The highest BCUT2D eigenvalue weighted by molar-refractivity contribution is 7.09. The van der Waals surface area contributed by atoms with Gasteiger partial charge >= 0.3 is 0 Å². The number of fused-ring (bicyclic) bond motifs is 1. The summed E-state index contributed by atoms with van der Waals surface area (Å²) in [4.78, 5) is 10.3. The van der Waals surface area contributed by atoms with Crippen LogP contribution in [0.3, 0.4) is 0 Å². The van der Waals surface area contributed by atoms with Crippen molar-refractivity contribution in [3.05, 3.63) is 46.7 Å². The maximum Gasteiger partial charge on any atom is 0.225 e. The van der Waals surface area contributed by atoms with Gasteiger partial charge in [-0.25, -0.2) is 4.98 Å². The molecule has 0 spiro atoms. The van der Waals surface area contributed by atoms with Crippen molar-refractivity contribution < 1.29 is 0 Å². The predicted octanol–water partition coefficient (Wildman–Crippen LogP) is 3.35. The molecule has 0 radical (unpaired) electrons. The summed E-state index contributed by atoms with van der Waals surface area (Å²) in [5.74, 6) is 1.50. The number of nitrogens with one attached hydrogen (secondary N) is 2. The van der Waals surface area contributed by atoms with Crippen LogP contribution in [0.4, 0.5) is 11.8 Å². The lowest BCUT2D eigenvalue weighted by atomic mass is 10.2. The van der Waals surface area contributed by atoms with Crippen LogP contribution in [0.1, 0.15) is 4.88 Å². The Balaban J connectivity index is 1.91. The van der Waals surface area contributed by atoms with Crippen molar-refractivity contribution in [2.45, 2.75) is 6.54 Å². The van der Waals surface area contributed by atoms with Gasteiger partial charge in [0, 0.05) is 17.3 Å². The molecule has 3 rings (SSSR count). The largest absolute Gasteiger partial charge is 0.372 e. The first-order valence-electron chi connectivity index (χ1n) is 6.07. The molecule has 2 aromatic heterocycles. The van der Waals surface area contributed by atoms with E-state index in [1.165, 1.54) is 4.88 Å².